The van der Waals surface area contributed by atoms with Gasteiger partial charge >= 0.3 is 0 Å². The van der Waals surface area contributed by atoms with Gasteiger partial charge in [-0.05, 0) is 18.4 Å². The van der Waals surface area contributed by atoms with Crippen LogP contribution in [0.3, 0.4) is 0 Å². The van der Waals surface area contributed by atoms with Crippen molar-refractivity contribution in [2.45, 2.75) is 19.0 Å². The van der Waals surface area contributed by atoms with Crippen molar-refractivity contribution in [1.29, 1.82) is 0 Å². The third kappa shape index (κ3) is 1.66. The Bertz CT molecular complexity index is 431. The van der Waals surface area contributed by atoms with Gasteiger partial charge in [0.15, 0.2) is 0 Å². The van der Waals surface area contributed by atoms with Crippen molar-refractivity contribution >= 4 is 11.3 Å². The maximum atomic E-state index is 4.04. The van der Waals surface area contributed by atoms with Gasteiger partial charge < -0.3 is 0 Å². The highest BCUT2D eigenvalue weighted by molar-refractivity contribution is 7.10. The molecule has 0 saturated carbocycles. The van der Waals surface area contributed by atoms with Gasteiger partial charge in [0.2, 0.25) is 0 Å². The molecular weight excluding hydrogens is 220 g/mol. The van der Waals surface area contributed by atoms with Gasteiger partial charge in [0.1, 0.15) is 0 Å². The molecule has 16 heavy (non-hydrogen) atoms. The van der Waals surface area contributed by atoms with Crippen LogP contribution >= 0.6 is 11.3 Å². The van der Waals surface area contributed by atoms with Crippen LogP contribution in [0.1, 0.15) is 23.9 Å². The lowest BCUT2D eigenvalue weighted by Crippen LogP contribution is -2.48. The molecule has 1 atom stereocenters. The van der Waals surface area contributed by atoms with Crippen LogP contribution < -0.4 is 0 Å². The van der Waals surface area contributed by atoms with Gasteiger partial charge in [-0.3, -0.25) is 4.90 Å². The average Bonchev–Trinajstić information content (AvgIpc) is 2.88. The number of aromatic nitrogens is 3. The molecule has 2 aromatic rings. The first kappa shape index (κ1) is 9.99. The van der Waals surface area contributed by atoms with Crippen LogP contribution in [0.5, 0.6) is 0 Å². The fourth-order valence-electron chi connectivity index (χ4n) is 2.09. The zero-order valence-electron chi connectivity index (χ0n) is 9.15. The summed E-state index contributed by atoms with van der Waals surface area (Å²) in [6.07, 6.45) is 3.68. The van der Waals surface area contributed by atoms with Crippen LogP contribution in [0.2, 0.25) is 0 Å². The minimum Gasteiger partial charge on any atom is -0.291 e. The first-order valence-corrected chi connectivity index (χ1v) is 6.36. The molecule has 0 N–H and O–H groups in total. The molecular formula is C11H14N4S. The van der Waals surface area contributed by atoms with Crippen LogP contribution in [0, 0.1) is 0 Å². The largest absolute Gasteiger partial charge is 0.291 e. The first-order valence-electron chi connectivity index (χ1n) is 5.48. The van der Waals surface area contributed by atoms with Gasteiger partial charge in [-0.25, -0.2) is 4.68 Å². The fraction of sp³-hybridized carbons (Fsp3) is 0.455. The predicted octanol–water partition coefficient (Wildman–Crippen LogP) is 1.96. The van der Waals surface area contributed by atoms with Crippen molar-refractivity contribution in [3.63, 3.8) is 0 Å². The van der Waals surface area contributed by atoms with E-state index < -0.39 is 0 Å². The van der Waals surface area contributed by atoms with E-state index >= 15 is 0 Å². The maximum Gasteiger partial charge on any atom is 0.0790 e. The summed E-state index contributed by atoms with van der Waals surface area (Å²) in [5.74, 6) is 0. The second-order valence-corrected chi connectivity index (χ2v) is 5.16. The summed E-state index contributed by atoms with van der Waals surface area (Å²) in [5.41, 5.74) is 0. The highest BCUT2D eigenvalue weighted by Crippen LogP contribution is 2.32. The van der Waals surface area contributed by atoms with Gasteiger partial charge in [0.05, 0.1) is 12.2 Å². The van der Waals surface area contributed by atoms with E-state index in [-0.39, 0.29) is 0 Å². The Morgan fingerprint density at radius 3 is 3.00 bits per heavy atom. The lowest BCUT2D eigenvalue weighted by molar-refractivity contribution is 0.0601. The minimum atomic E-state index is 0.505. The van der Waals surface area contributed by atoms with Crippen molar-refractivity contribution < 1.29 is 0 Å². The van der Waals surface area contributed by atoms with Crippen LogP contribution in [-0.4, -0.2) is 33.0 Å². The average molecular weight is 234 g/mol. The molecule has 1 unspecified atom stereocenters. The van der Waals surface area contributed by atoms with Crippen LogP contribution in [0.4, 0.5) is 0 Å². The van der Waals surface area contributed by atoms with Crippen molar-refractivity contribution in [3.8, 4) is 0 Å². The van der Waals surface area contributed by atoms with Gasteiger partial charge in [0.25, 0.3) is 0 Å². The zero-order chi connectivity index (χ0) is 11.0. The van der Waals surface area contributed by atoms with Gasteiger partial charge in [0, 0.05) is 30.2 Å². The molecule has 1 fully saturated rings. The molecule has 0 amide bonds. The smallest absolute Gasteiger partial charge is 0.0790 e. The summed E-state index contributed by atoms with van der Waals surface area (Å²) in [7, 11) is 0. The number of thiophene rings is 1. The molecule has 0 radical (unpaired) electrons. The first-order chi connectivity index (χ1) is 7.84. The molecule has 3 heterocycles. The van der Waals surface area contributed by atoms with Crippen molar-refractivity contribution in [2.75, 3.05) is 13.1 Å². The van der Waals surface area contributed by atoms with E-state index in [1.165, 1.54) is 4.88 Å². The molecule has 1 aliphatic heterocycles. The van der Waals surface area contributed by atoms with Crippen molar-refractivity contribution in [1.82, 2.24) is 19.9 Å². The summed E-state index contributed by atoms with van der Waals surface area (Å²) in [4.78, 5) is 3.91. The summed E-state index contributed by atoms with van der Waals surface area (Å²) >= 11 is 1.83. The van der Waals surface area contributed by atoms with E-state index in [0.717, 1.165) is 13.1 Å². The Hall–Kier alpha value is -1.20. The van der Waals surface area contributed by atoms with E-state index in [1.807, 2.05) is 22.2 Å². The zero-order valence-corrected chi connectivity index (χ0v) is 9.97. The second-order valence-electron chi connectivity index (χ2n) is 4.18. The van der Waals surface area contributed by atoms with Crippen LogP contribution in [-0.2, 0) is 0 Å². The highest BCUT2D eigenvalue weighted by atomic mass is 32.1. The Labute approximate surface area is 98.5 Å². The van der Waals surface area contributed by atoms with Crippen molar-refractivity contribution in [3.05, 3.63) is 34.8 Å². The van der Waals surface area contributed by atoms with E-state index in [4.69, 9.17) is 0 Å². The molecule has 0 aromatic carbocycles. The van der Waals surface area contributed by atoms with Crippen molar-refractivity contribution in [2.24, 2.45) is 0 Å². The van der Waals surface area contributed by atoms with E-state index in [2.05, 4.69) is 39.6 Å². The highest BCUT2D eigenvalue weighted by Gasteiger charge is 2.32. The third-order valence-electron chi connectivity index (χ3n) is 3.21. The van der Waals surface area contributed by atoms with Gasteiger partial charge in [-0.1, -0.05) is 11.3 Å². The van der Waals surface area contributed by atoms with Gasteiger partial charge in [-0.2, -0.15) is 0 Å². The molecule has 0 bridgehead atoms. The quantitative estimate of drug-likeness (QED) is 0.814. The SMILES string of the molecule is CC(c1cccs1)N1CC(n2ccnn2)C1. The second kappa shape index (κ2) is 3.99. The lowest BCUT2D eigenvalue weighted by atomic mass is 10.1. The van der Waals surface area contributed by atoms with E-state index in [9.17, 15) is 0 Å². The van der Waals surface area contributed by atoms with E-state index in [1.54, 1.807) is 6.20 Å². The molecule has 3 rings (SSSR count). The molecule has 0 aliphatic carbocycles. The lowest BCUT2D eigenvalue weighted by Gasteiger charge is -2.42. The number of likely N-dealkylation sites (tertiary alicyclic amines) is 1. The molecule has 84 valence electrons. The normalized spacial score (nSPS) is 19.6. The minimum absolute atomic E-state index is 0.505. The standard InChI is InChI=1S/C11H14N4S/c1-9(11-3-2-6-16-11)14-7-10(8-14)15-5-4-12-13-15/h2-6,9-10H,7-8H2,1H3. The number of hydrogen-bond donors (Lipinski definition) is 0. The molecule has 1 aliphatic rings. The molecule has 0 spiro atoms. The topological polar surface area (TPSA) is 34.0 Å². The van der Waals surface area contributed by atoms with Gasteiger partial charge in [-0.15, -0.1) is 16.4 Å². The number of rotatable bonds is 3. The summed E-state index contributed by atoms with van der Waals surface area (Å²) < 4.78 is 1.96. The van der Waals surface area contributed by atoms with E-state index in [0.29, 0.717) is 12.1 Å². The number of hydrogen-bond acceptors (Lipinski definition) is 4. The Morgan fingerprint density at radius 1 is 1.50 bits per heavy atom. The summed E-state index contributed by atoms with van der Waals surface area (Å²) in [5, 5.41) is 10.0. The third-order valence-corrected chi connectivity index (χ3v) is 4.25. The summed E-state index contributed by atoms with van der Waals surface area (Å²) in [6, 6.07) is 5.35. The molecule has 1 saturated heterocycles. The van der Waals surface area contributed by atoms with Crippen LogP contribution in [0.25, 0.3) is 0 Å². The monoisotopic (exact) mass is 234 g/mol. The summed E-state index contributed by atoms with van der Waals surface area (Å²) in [6.45, 7) is 4.41. The Kier molecular flexibility index (Phi) is 2.49. The Balaban J connectivity index is 1.61. The maximum absolute atomic E-state index is 4.04. The van der Waals surface area contributed by atoms with Crippen LogP contribution in [0.15, 0.2) is 29.9 Å². The fourth-order valence-corrected chi connectivity index (χ4v) is 2.91. The predicted molar refractivity (Wildman–Crippen MR) is 63.4 cm³/mol. The Morgan fingerprint density at radius 2 is 2.38 bits per heavy atom. The molecule has 4 nitrogen and oxygen atoms in total. The molecule has 5 heteroatoms. The molecule has 2 aromatic heterocycles. The number of nitrogens with zero attached hydrogens (tertiary/aromatic N) is 4.